The molecule has 0 aliphatic heterocycles. The molecule has 1 aromatic rings. The van der Waals surface area contributed by atoms with Gasteiger partial charge in [-0.2, -0.15) is 5.48 Å². The Balaban J connectivity index is 2.90. The molecular formula is C10H14ClNO2. The lowest BCUT2D eigenvalue weighted by molar-refractivity contribution is 0.0867. The van der Waals surface area contributed by atoms with Crippen LogP contribution in [0.4, 0.5) is 0 Å². The van der Waals surface area contributed by atoms with Crippen LogP contribution < -0.4 is 10.2 Å². The van der Waals surface area contributed by atoms with E-state index in [-0.39, 0.29) is 0 Å². The molecule has 3 nitrogen and oxygen atoms in total. The lowest BCUT2D eigenvalue weighted by atomic mass is 10.1. The first-order valence-corrected chi connectivity index (χ1v) is 4.65. The number of halogens is 1. The largest absolute Gasteiger partial charge is 0.495 e. The van der Waals surface area contributed by atoms with E-state index in [9.17, 15) is 0 Å². The summed E-state index contributed by atoms with van der Waals surface area (Å²) in [5, 5.41) is 0.625. The average molecular weight is 216 g/mol. The third-order valence-electron chi connectivity index (χ3n) is 1.91. The minimum atomic E-state index is 0.625. The summed E-state index contributed by atoms with van der Waals surface area (Å²) in [5.74, 6) is 0.729. The van der Waals surface area contributed by atoms with Gasteiger partial charge in [0.25, 0.3) is 0 Å². The fourth-order valence-electron chi connectivity index (χ4n) is 1.32. The second-order valence-electron chi connectivity index (χ2n) is 2.95. The van der Waals surface area contributed by atoms with E-state index >= 15 is 0 Å². The Hall–Kier alpha value is -0.770. The molecule has 0 aromatic heterocycles. The van der Waals surface area contributed by atoms with Crippen LogP contribution >= 0.6 is 11.6 Å². The third-order valence-corrected chi connectivity index (χ3v) is 2.19. The van der Waals surface area contributed by atoms with Gasteiger partial charge < -0.3 is 9.57 Å². The molecule has 0 aliphatic carbocycles. The number of ether oxygens (including phenoxy) is 1. The highest BCUT2D eigenvalue weighted by molar-refractivity contribution is 6.32. The van der Waals surface area contributed by atoms with Crippen molar-refractivity contribution in [3.05, 3.63) is 28.3 Å². The van der Waals surface area contributed by atoms with Gasteiger partial charge in [-0.25, -0.2) is 0 Å². The van der Waals surface area contributed by atoms with E-state index in [1.54, 1.807) is 14.2 Å². The van der Waals surface area contributed by atoms with Crippen LogP contribution in [-0.2, 0) is 11.4 Å². The highest BCUT2D eigenvalue weighted by Gasteiger charge is 2.06. The summed E-state index contributed by atoms with van der Waals surface area (Å²) >= 11 is 6.02. The van der Waals surface area contributed by atoms with E-state index in [1.165, 1.54) is 0 Å². The Morgan fingerprint density at radius 1 is 1.36 bits per heavy atom. The summed E-state index contributed by atoms with van der Waals surface area (Å²) in [5.41, 5.74) is 4.84. The van der Waals surface area contributed by atoms with Gasteiger partial charge in [-0.05, 0) is 24.1 Å². The normalized spacial score (nSPS) is 10.3. The van der Waals surface area contributed by atoms with Gasteiger partial charge in [0, 0.05) is 6.54 Å². The fraction of sp³-hybridized carbons (Fsp3) is 0.400. The van der Waals surface area contributed by atoms with E-state index < -0.39 is 0 Å². The topological polar surface area (TPSA) is 30.5 Å². The van der Waals surface area contributed by atoms with Crippen molar-refractivity contribution in [2.24, 2.45) is 0 Å². The number of hydrogen-bond acceptors (Lipinski definition) is 3. The minimum absolute atomic E-state index is 0.625. The first-order valence-electron chi connectivity index (χ1n) is 4.28. The molecule has 0 saturated carbocycles. The Morgan fingerprint density at radius 3 is 2.57 bits per heavy atom. The Kier molecular flexibility index (Phi) is 4.20. The number of nitrogens with one attached hydrogen (secondary N) is 1. The van der Waals surface area contributed by atoms with Crippen molar-refractivity contribution in [2.75, 3.05) is 14.2 Å². The molecule has 0 saturated heterocycles. The molecule has 0 bridgehead atoms. The molecular weight excluding hydrogens is 202 g/mol. The Labute approximate surface area is 88.9 Å². The summed E-state index contributed by atoms with van der Waals surface area (Å²) in [6, 6.07) is 3.87. The molecule has 1 N–H and O–H groups in total. The van der Waals surface area contributed by atoms with Gasteiger partial charge in [-0.1, -0.05) is 17.7 Å². The molecule has 4 heteroatoms. The first kappa shape index (κ1) is 11.3. The highest BCUT2D eigenvalue weighted by atomic mass is 35.5. The van der Waals surface area contributed by atoms with Crippen molar-refractivity contribution in [1.82, 2.24) is 5.48 Å². The molecule has 0 atom stereocenters. The predicted octanol–water partition coefficient (Wildman–Crippen LogP) is 2.31. The monoisotopic (exact) mass is 215 g/mol. The SMILES string of the molecule is CONCc1cc(C)c(OC)c(Cl)c1. The van der Waals surface area contributed by atoms with E-state index in [2.05, 4.69) is 5.48 Å². The molecule has 0 unspecified atom stereocenters. The van der Waals surface area contributed by atoms with Crippen LogP contribution in [0.25, 0.3) is 0 Å². The van der Waals surface area contributed by atoms with Gasteiger partial charge in [0.2, 0.25) is 0 Å². The zero-order valence-electron chi connectivity index (χ0n) is 8.56. The van der Waals surface area contributed by atoms with Crippen LogP contribution in [0.15, 0.2) is 12.1 Å². The molecule has 0 amide bonds. The Morgan fingerprint density at radius 2 is 2.07 bits per heavy atom. The van der Waals surface area contributed by atoms with Crippen LogP contribution in [0, 0.1) is 6.92 Å². The highest BCUT2D eigenvalue weighted by Crippen LogP contribution is 2.29. The number of hydrogen-bond donors (Lipinski definition) is 1. The second kappa shape index (κ2) is 5.20. The van der Waals surface area contributed by atoms with Crippen molar-refractivity contribution in [3.63, 3.8) is 0 Å². The van der Waals surface area contributed by atoms with Crippen molar-refractivity contribution in [1.29, 1.82) is 0 Å². The van der Waals surface area contributed by atoms with Crippen molar-refractivity contribution >= 4 is 11.6 Å². The van der Waals surface area contributed by atoms with Crippen LogP contribution in [-0.4, -0.2) is 14.2 Å². The van der Waals surface area contributed by atoms with E-state index in [1.807, 2.05) is 19.1 Å². The van der Waals surface area contributed by atoms with E-state index in [4.69, 9.17) is 21.2 Å². The predicted molar refractivity (Wildman–Crippen MR) is 56.6 cm³/mol. The summed E-state index contributed by atoms with van der Waals surface area (Å²) in [6.45, 7) is 2.59. The maximum atomic E-state index is 6.02. The number of methoxy groups -OCH3 is 1. The maximum Gasteiger partial charge on any atom is 0.140 e. The van der Waals surface area contributed by atoms with Gasteiger partial charge in [0.05, 0.1) is 19.2 Å². The van der Waals surface area contributed by atoms with Crippen molar-refractivity contribution in [3.8, 4) is 5.75 Å². The molecule has 0 spiro atoms. The third kappa shape index (κ3) is 2.61. The van der Waals surface area contributed by atoms with Crippen LogP contribution in [0.5, 0.6) is 5.75 Å². The molecule has 14 heavy (non-hydrogen) atoms. The molecule has 78 valence electrons. The molecule has 1 rings (SSSR count). The van der Waals surface area contributed by atoms with Crippen LogP contribution in [0.3, 0.4) is 0 Å². The van der Waals surface area contributed by atoms with Crippen molar-refractivity contribution in [2.45, 2.75) is 13.5 Å². The van der Waals surface area contributed by atoms with Gasteiger partial charge in [-0.15, -0.1) is 0 Å². The lowest BCUT2D eigenvalue weighted by Crippen LogP contribution is -2.10. The zero-order chi connectivity index (χ0) is 10.6. The zero-order valence-corrected chi connectivity index (χ0v) is 9.31. The molecule has 0 aliphatic rings. The van der Waals surface area contributed by atoms with Gasteiger partial charge >= 0.3 is 0 Å². The Bertz CT molecular complexity index is 292. The fourth-order valence-corrected chi connectivity index (χ4v) is 1.68. The smallest absolute Gasteiger partial charge is 0.140 e. The molecule has 0 radical (unpaired) electrons. The van der Waals surface area contributed by atoms with E-state index in [0.29, 0.717) is 11.6 Å². The number of hydroxylamine groups is 1. The molecule has 0 fully saturated rings. The summed E-state index contributed by atoms with van der Waals surface area (Å²) < 4.78 is 5.15. The molecule has 1 aromatic carbocycles. The quantitative estimate of drug-likeness (QED) is 0.782. The minimum Gasteiger partial charge on any atom is -0.495 e. The van der Waals surface area contributed by atoms with Crippen molar-refractivity contribution < 1.29 is 9.57 Å². The number of aryl methyl sites for hydroxylation is 1. The average Bonchev–Trinajstić information content (AvgIpc) is 2.14. The summed E-state index contributed by atoms with van der Waals surface area (Å²) in [7, 11) is 3.19. The first-order chi connectivity index (χ1) is 6.69. The standard InChI is InChI=1S/C10H14ClNO2/c1-7-4-8(6-12-14-3)5-9(11)10(7)13-2/h4-5,12H,6H2,1-3H3. The second-order valence-corrected chi connectivity index (χ2v) is 3.36. The van der Waals surface area contributed by atoms with Crippen LogP contribution in [0.2, 0.25) is 5.02 Å². The van der Waals surface area contributed by atoms with E-state index in [0.717, 1.165) is 16.9 Å². The number of rotatable bonds is 4. The van der Waals surface area contributed by atoms with Crippen LogP contribution in [0.1, 0.15) is 11.1 Å². The summed E-state index contributed by atoms with van der Waals surface area (Å²) in [6.07, 6.45) is 0. The van der Waals surface area contributed by atoms with Gasteiger partial charge in [-0.3, -0.25) is 0 Å². The maximum absolute atomic E-state index is 6.02. The van der Waals surface area contributed by atoms with Gasteiger partial charge in [0.1, 0.15) is 5.75 Å². The van der Waals surface area contributed by atoms with Gasteiger partial charge in [0.15, 0.2) is 0 Å². The summed E-state index contributed by atoms with van der Waals surface area (Å²) in [4.78, 5) is 4.76. The lowest BCUT2D eigenvalue weighted by Gasteiger charge is -2.09. The number of benzene rings is 1. The molecule has 0 heterocycles.